The number of hydrogen-bond donors (Lipinski definition) is 0. The Hall–Kier alpha value is -2.43. The highest BCUT2D eigenvalue weighted by molar-refractivity contribution is 6.36. The molecule has 0 spiro atoms. The van der Waals surface area contributed by atoms with E-state index in [9.17, 15) is 4.79 Å². The number of amides is 1. The predicted molar refractivity (Wildman–Crippen MR) is 122 cm³/mol. The minimum absolute atomic E-state index is 0.0423. The maximum absolute atomic E-state index is 12.6. The van der Waals surface area contributed by atoms with Crippen molar-refractivity contribution in [3.05, 3.63) is 58.3 Å². The van der Waals surface area contributed by atoms with Gasteiger partial charge in [0.2, 0.25) is 5.91 Å². The smallest absolute Gasteiger partial charge is 0.246 e. The summed E-state index contributed by atoms with van der Waals surface area (Å²) < 4.78 is 11.7. The molecule has 156 valence electrons. The van der Waals surface area contributed by atoms with E-state index in [2.05, 4.69) is 0 Å². The summed E-state index contributed by atoms with van der Waals surface area (Å²) in [6.07, 6.45) is 5.52. The molecule has 1 saturated heterocycles. The van der Waals surface area contributed by atoms with Gasteiger partial charge in [-0.1, -0.05) is 29.3 Å². The molecule has 0 N–H and O–H groups in total. The molecule has 4 rings (SSSR count). The van der Waals surface area contributed by atoms with E-state index in [1.54, 1.807) is 24.5 Å². The minimum atomic E-state index is 0.0423. The van der Waals surface area contributed by atoms with Crippen LogP contribution in [0.2, 0.25) is 10.0 Å². The number of carbonyl (C=O) groups excluding carboxylic acids is 1. The van der Waals surface area contributed by atoms with Gasteiger partial charge in [-0.25, -0.2) is 0 Å². The van der Waals surface area contributed by atoms with E-state index in [1.807, 2.05) is 36.9 Å². The fourth-order valence-corrected chi connectivity index (χ4v) is 4.36. The van der Waals surface area contributed by atoms with Gasteiger partial charge >= 0.3 is 0 Å². The van der Waals surface area contributed by atoms with E-state index in [0.717, 1.165) is 53.6 Å². The summed E-state index contributed by atoms with van der Waals surface area (Å²) >= 11 is 12.5. The first-order valence-corrected chi connectivity index (χ1v) is 10.8. The average molecular weight is 444 g/mol. The number of likely N-dealkylation sites (tertiary alicyclic amines) is 1. The van der Waals surface area contributed by atoms with Gasteiger partial charge in [0.25, 0.3) is 0 Å². The summed E-state index contributed by atoms with van der Waals surface area (Å²) in [5, 5.41) is 2.03. The highest BCUT2D eigenvalue weighted by Crippen LogP contribution is 2.40. The number of allylic oxidation sites excluding steroid dienone is 1. The van der Waals surface area contributed by atoms with Crippen LogP contribution < -0.4 is 4.74 Å². The van der Waals surface area contributed by atoms with Crippen molar-refractivity contribution >= 4 is 45.7 Å². The Labute approximate surface area is 186 Å². The van der Waals surface area contributed by atoms with Crippen LogP contribution in [0.25, 0.3) is 27.7 Å². The summed E-state index contributed by atoms with van der Waals surface area (Å²) in [5.41, 5.74) is 4.12. The van der Waals surface area contributed by atoms with Crippen LogP contribution in [-0.2, 0) is 4.79 Å². The Morgan fingerprint density at radius 3 is 2.63 bits per heavy atom. The topological polar surface area (TPSA) is 42.7 Å². The summed E-state index contributed by atoms with van der Waals surface area (Å²) in [7, 11) is 0. The molecule has 0 bridgehead atoms. The lowest BCUT2D eigenvalue weighted by Crippen LogP contribution is -2.25. The van der Waals surface area contributed by atoms with Gasteiger partial charge in [-0.2, -0.15) is 0 Å². The monoisotopic (exact) mass is 443 g/mol. The molecule has 0 aliphatic carbocycles. The quantitative estimate of drug-likeness (QED) is 0.405. The molecule has 6 heteroatoms. The van der Waals surface area contributed by atoms with Gasteiger partial charge in [0.05, 0.1) is 17.9 Å². The first kappa shape index (κ1) is 20.8. The number of hydrogen-bond acceptors (Lipinski definition) is 3. The molecule has 1 aliphatic heterocycles. The lowest BCUT2D eigenvalue weighted by Gasteiger charge is -2.15. The Kier molecular flexibility index (Phi) is 6.07. The van der Waals surface area contributed by atoms with Crippen LogP contribution in [-0.4, -0.2) is 30.5 Å². The molecule has 2 heterocycles. The van der Waals surface area contributed by atoms with Gasteiger partial charge in [-0.15, -0.1) is 0 Å². The van der Waals surface area contributed by atoms with Gasteiger partial charge in [-0.05, 0) is 50.5 Å². The zero-order valence-corrected chi connectivity index (χ0v) is 18.5. The molecular weight excluding hydrogens is 421 g/mol. The highest BCUT2D eigenvalue weighted by atomic mass is 35.5. The zero-order chi connectivity index (χ0) is 21.3. The SMILES string of the molecule is CCOc1cc2occ(-c3ccc(Cl)cc3Cl)c2cc1/C(C)=C/C(=O)N1CCCC1. The number of fused-ring (bicyclic) bond motifs is 1. The van der Waals surface area contributed by atoms with Crippen molar-refractivity contribution in [1.82, 2.24) is 4.90 Å². The van der Waals surface area contributed by atoms with Crippen LogP contribution >= 0.6 is 23.2 Å². The van der Waals surface area contributed by atoms with Crippen molar-refractivity contribution in [3.8, 4) is 16.9 Å². The number of ether oxygens (including phenoxy) is 1. The van der Waals surface area contributed by atoms with Gasteiger partial charge in [0.15, 0.2) is 0 Å². The van der Waals surface area contributed by atoms with Crippen LogP contribution in [0.15, 0.2) is 47.1 Å². The zero-order valence-electron chi connectivity index (χ0n) is 17.0. The normalized spacial score (nSPS) is 14.5. The lowest BCUT2D eigenvalue weighted by molar-refractivity contribution is -0.124. The second kappa shape index (κ2) is 8.75. The lowest BCUT2D eigenvalue weighted by atomic mass is 9.99. The molecule has 0 unspecified atom stereocenters. The van der Waals surface area contributed by atoms with Gasteiger partial charge < -0.3 is 14.1 Å². The summed E-state index contributed by atoms with van der Waals surface area (Å²) in [6.45, 7) is 6.03. The van der Waals surface area contributed by atoms with E-state index < -0.39 is 0 Å². The Morgan fingerprint density at radius 1 is 1.17 bits per heavy atom. The van der Waals surface area contributed by atoms with E-state index >= 15 is 0 Å². The van der Waals surface area contributed by atoms with Crippen LogP contribution in [0.4, 0.5) is 0 Å². The molecule has 1 aromatic heterocycles. The fourth-order valence-electron chi connectivity index (χ4n) is 3.85. The van der Waals surface area contributed by atoms with Gasteiger partial charge in [0, 0.05) is 52.3 Å². The molecule has 1 fully saturated rings. The predicted octanol–water partition coefficient (Wildman–Crippen LogP) is 6.83. The molecule has 0 saturated carbocycles. The van der Waals surface area contributed by atoms with Crippen molar-refractivity contribution < 1.29 is 13.9 Å². The number of nitrogens with zero attached hydrogens (tertiary/aromatic N) is 1. The summed E-state index contributed by atoms with van der Waals surface area (Å²) in [5.74, 6) is 0.733. The minimum Gasteiger partial charge on any atom is -0.493 e. The summed E-state index contributed by atoms with van der Waals surface area (Å²) in [6, 6.07) is 9.28. The standard InChI is InChI=1S/C24H23Cl2NO3/c1-3-29-22-13-23-19(20(14-30-23)17-7-6-16(25)11-21(17)26)12-18(22)15(2)10-24(28)27-8-4-5-9-27/h6-7,10-14H,3-5,8-9H2,1-2H3/b15-10+. The van der Waals surface area contributed by atoms with E-state index in [4.69, 9.17) is 32.4 Å². The number of rotatable bonds is 5. The summed E-state index contributed by atoms with van der Waals surface area (Å²) in [4.78, 5) is 14.5. The van der Waals surface area contributed by atoms with Crippen LogP contribution in [0.5, 0.6) is 5.75 Å². The molecule has 0 radical (unpaired) electrons. The van der Waals surface area contributed by atoms with Crippen LogP contribution in [0, 0.1) is 0 Å². The van der Waals surface area contributed by atoms with Crippen molar-refractivity contribution in [2.75, 3.05) is 19.7 Å². The Morgan fingerprint density at radius 2 is 1.93 bits per heavy atom. The molecule has 4 nitrogen and oxygen atoms in total. The molecule has 3 aromatic rings. The molecule has 1 amide bonds. The molecule has 1 aliphatic rings. The Bertz CT molecular complexity index is 1130. The van der Waals surface area contributed by atoms with Crippen LogP contribution in [0.1, 0.15) is 32.3 Å². The highest BCUT2D eigenvalue weighted by Gasteiger charge is 2.19. The fraction of sp³-hybridized carbons (Fsp3) is 0.292. The third-order valence-corrected chi connectivity index (χ3v) is 5.93. The third-order valence-electron chi connectivity index (χ3n) is 5.38. The third kappa shape index (κ3) is 4.07. The van der Waals surface area contributed by atoms with Crippen molar-refractivity contribution in [1.29, 1.82) is 0 Å². The number of benzene rings is 2. The van der Waals surface area contributed by atoms with Gasteiger partial charge in [-0.3, -0.25) is 4.79 Å². The number of furan rings is 1. The maximum atomic E-state index is 12.6. The van der Waals surface area contributed by atoms with Crippen molar-refractivity contribution in [2.45, 2.75) is 26.7 Å². The second-order valence-electron chi connectivity index (χ2n) is 7.41. The average Bonchev–Trinajstić information content (AvgIpc) is 3.37. The van der Waals surface area contributed by atoms with Crippen LogP contribution in [0.3, 0.4) is 0 Å². The van der Waals surface area contributed by atoms with Crippen molar-refractivity contribution in [2.24, 2.45) is 0 Å². The molecule has 30 heavy (non-hydrogen) atoms. The first-order valence-electron chi connectivity index (χ1n) is 10.1. The maximum Gasteiger partial charge on any atom is 0.246 e. The second-order valence-corrected chi connectivity index (χ2v) is 8.25. The van der Waals surface area contributed by atoms with Crippen molar-refractivity contribution in [3.63, 3.8) is 0 Å². The molecule has 0 atom stereocenters. The Balaban J connectivity index is 1.81. The van der Waals surface area contributed by atoms with E-state index in [0.29, 0.717) is 28.0 Å². The molecular formula is C24H23Cl2NO3. The van der Waals surface area contributed by atoms with E-state index in [-0.39, 0.29) is 5.91 Å². The van der Waals surface area contributed by atoms with Gasteiger partial charge in [0.1, 0.15) is 11.3 Å². The van der Waals surface area contributed by atoms with E-state index in [1.165, 1.54) is 0 Å². The number of halogens is 2. The molecule has 2 aromatic carbocycles. The largest absolute Gasteiger partial charge is 0.493 e. The first-order chi connectivity index (χ1) is 14.5. The number of carbonyl (C=O) groups is 1.